The number of hydrogen-bond donors (Lipinski definition) is 2. The number of fused-ring (bicyclic) bond motifs is 3. The van der Waals surface area contributed by atoms with Gasteiger partial charge < -0.3 is 24.7 Å². The molecule has 4 rings (SSSR count). The molecule has 0 spiro atoms. The van der Waals surface area contributed by atoms with E-state index in [0.29, 0.717) is 13.1 Å². The lowest BCUT2D eigenvalue weighted by molar-refractivity contribution is -0.202. The molecule has 0 saturated carbocycles. The van der Waals surface area contributed by atoms with Crippen molar-refractivity contribution in [1.29, 1.82) is 0 Å². The Morgan fingerprint density at radius 1 is 1.12 bits per heavy atom. The van der Waals surface area contributed by atoms with Crippen LogP contribution in [0.15, 0.2) is 0 Å². The van der Waals surface area contributed by atoms with Gasteiger partial charge in [0.25, 0.3) is 0 Å². The zero-order chi connectivity index (χ0) is 17.8. The Bertz CT molecular complexity index is 538. The molecule has 4 saturated heterocycles. The second-order valence-electron chi connectivity index (χ2n) is 8.51. The van der Waals surface area contributed by atoms with E-state index < -0.39 is 28.7 Å². The maximum atomic E-state index is 12.3. The average molecular weight is 340 g/mol. The molecule has 2 atom stereocenters. The van der Waals surface area contributed by atoms with E-state index >= 15 is 0 Å². The minimum atomic E-state index is -1.31. The number of aliphatic carboxylic acids is 1. The smallest absolute Gasteiger partial charge is 0.410 e. The largest absolute Gasteiger partial charge is 0.481 e. The molecule has 2 N–H and O–H groups in total. The SMILES string of the molecule is CC(C)(C)OC(=O)N1CCC(C(=O)O)(C2(O)CN3CCC2CC3)C1. The van der Waals surface area contributed by atoms with Gasteiger partial charge in [0, 0.05) is 19.6 Å². The maximum absolute atomic E-state index is 12.3. The van der Waals surface area contributed by atoms with Crippen molar-refractivity contribution in [3.05, 3.63) is 0 Å². The molecule has 0 aromatic rings. The quantitative estimate of drug-likeness (QED) is 0.784. The number of likely N-dealkylation sites (tertiary alicyclic amines) is 1. The average Bonchev–Trinajstić information content (AvgIpc) is 2.93. The topological polar surface area (TPSA) is 90.3 Å². The van der Waals surface area contributed by atoms with Gasteiger partial charge in [0.05, 0.1) is 5.60 Å². The van der Waals surface area contributed by atoms with Crippen molar-refractivity contribution in [3.63, 3.8) is 0 Å². The minimum Gasteiger partial charge on any atom is -0.481 e. The Kier molecular flexibility index (Phi) is 4.07. The van der Waals surface area contributed by atoms with Crippen LogP contribution < -0.4 is 0 Å². The molecule has 0 aromatic heterocycles. The van der Waals surface area contributed by atoms with Crippen molar-refractivity contribution in [2.24, 2.45) is 11.3 Å². The summed E-state index contributed by atoms with van der Waals surface area (Å²) in [6.07, 6.45) is 1.40. The first-order chi connectivity index (χ1) is 11.1. The number of amides is 1. The van der Waals surface area contributed by atoms with Crippen LogP contribution in [-0.4, -0.2) is 76.0 Å². The van der Waals surface area contributed by atoms with E-state index in [-0.39, 0.29) is 18.9 Å². The molecular weight excluding hydrogens is 312 g/mol. The van der Waals surface area contributed by atoms with Gasteiger partial charge in [-0.1, -0.05) is 0 Å². The van der Waals surface area contributed by atoms with Gasteiger partial charge in [0.1, 0.15) is 11.0 Å². The zero-order valence-corrected chi connectivity index (χ0v) is 14.7. The van der Waals surface area contributed by atoms with Crippen molar-refractivity contribution >= 4 is 12.1 Å². The number of carboxylic acid groups (broad SMARTS) is 1. The summed E-state index contributed by atoms with van der Waals surface area (Å²) in [5.74, 6) is -1.03. The lowest BCUT2D eigenvalue weighted by atomic mass is 9.60. The molecule has 0 aromatic carbocycles. The number of rotatable bonds is 2. The molecule has 2 bridgehead atoms. The predicted molar refractivity (Wildman–Crippen MR) is 86.6 cm³/mol. The maximum Gasteiger partial charge on any atom is 0.410 e. The summed E-state index contributed by atoms with van der Waals surface area (Å²) in [6, 6.07) is 0. The van der Waals surface area contributed by atoms with Gasteiger partial charge in [-0.15, -0.1) is 0 Å². The van der Waals surface area contributed by atoms with Crippen LogP contribution in [0.2, 0.25) is 0 Å². The van der Waals surface area contributed by atoms with E-state index in [1.807, 2.05) is 0 Å². The first kappa shape index (κ1) is 17.5. The minimum absolute atomic E-state index is 0.0120. The first-order valence-electron chi connectivity index (χ1n) is 8.73. The van der Waals surface area contributed by atoms with Crippen molar-refractivity contribution in [3.8, 4) is 0 Å². The molecule has 0 radical (unpaired) electrons. The van der Waals surface area contributed by atoms with Gasteiger partial charge in [-0.25, -0.2) is 4.79 Å². The van der Waals surface area contributed by atoms with Crippen LogP contribution in [0.1, 0.15) is 40.0 Å². The van der Waals surface area contributed by atoms with E-state index in [2.05, 4.69) is 4.90 Å². The van der Waals surface area contributed by atoms with Crippen LogP contribution in [0.3, 0.4) is 0 Å². The summed E-state index contributed by atoms with van der Waals surface area (Å²) in [7, 11) is 0. The predicted octanol–water partition coefficient (Wildman–Crippen LogP) is 1.15. The normalized spacial score (nSPS) is 39.1. The number of piperidine rings is 3. The van der Waals surface area contributed by atoms with E-state index in [1.54, 1.807) is 20.8 Å². The Labute approximate surface area is 142 Å². The molecule has 1 amide bonds. The highest BCUT2D eigenvalue weighted by atomic mass is 16.6. The molecule has 7 heteroatoms. The summed E-state index contributed by atoms with van der Waals surface area (Å²) < 4.78 is 5.38. The fourth-order valence-corrected chi connectivity index (χ4v) is 4.59. The highest BCUT2D eigenvalue weighted by molar-refractivity contribution is 5.79. The third kappa shape index (κ3) is 2.67. The Hall–Kier alpha value is -1.34. The second kappa shape index (κ2) is 5.59. The number of nitrogens with zero attached hydrogens (tertiary/aromatic N) is 2. The van der Waals surface area contributed by atoms with Gasteiger partial charge >= 0.3 is 12.1 Å². The highest BCUT2D eigenvalue weighted by Gasteiger charge is 2.65. The van der Waals surface area contributed by atoms with Crippen LogP contribution in [0.4, 0.5) is 4.79 Å². The molecule has 4 fully saturated rings. The third-order valence-electron chi connectivity index (χ3n) is 5.89. The molecule has 4 aliphatic heterocycles. The van der Waals surface area contributed by atoms with Crippen molar-refractivity contribution < 1.29 is 24.5 Å². The Morgan fingerprint density at radius 2 is 1.75 bits per heavy atom. The third-order valence-corrected chi connectivity index (χ3v) is 5.89. The van der Waals surface area contributed by atoms with Crippen LogP contribution in [0, 0.1) is 11.3 Å². The van der Waals surface area contributed by atoms with Gasteiger partial charge in [0.2, 0.25) is 0 Å². The van der Waals surface area contributed by atoms with E-state index in [9.17, 15) is 19.8 Å². The van der Waals surface area contributed by atoms with Crippen LogP contribution in [0.5, 0.6) is 0 Å². The highest BCUT2D eigenvalue weighted by Crippen LogP contribution is 2.51. The van der Waals surface area contributed by atoms with Gasteiger partial charge in [0.15, 0.2) is 0 Å². The molecule has 136 valence electrons. The van der Waals surface area contributed by atoms with Crippen LogP contribution >= 0.6 is 0 Å². The monoisotopic (exact) mass is 340 g/mol. The lowest BCUT2D eigenvalue weighted by Gasteiger charge is -2.56. The summed E-state index contributed by atoms with van der Waals surface area (Å²) in [5, 5.41) is 21.4. The summed E-state index contributed by atoms with van der Waals surface area (Å²) in [6.45, 7) is 7.88. The second-order valence-corrected chi connectivity index (χ2v) is 8.51. The lowest BCUT2D eigenvalue weighted by Crippen LogP contribution is -2.69. The number of carbonyl (C=O) groups is 2. The number of carbonyl (C=O) groups excluding carboxylic acids is 1. The zero-order valence-electron chi connectivity index (χ0n) is 14.7. The first-order valence-corrected chi connectivity index (χ1v) is 8.73. The fourth-order valence-electron chi connectivity index (χ4n) is 4.59. The molecule has 7 nitrogen and oxygen atoms in total. The summed E-state index contributed by atoms with van der Waals surface area (Å²) >= 11 is 0. The van der Waals surface area contributed by atoms with Crippen molar-refractivity contribution in [1.82, 2.24) is 9.80 Å². The summed E-state index contributed by atoms with van der Waals surface area (Å²) in [4.78, 5) is 28.1. The molecule has 0 aliphatic carbocycles. The standard InChI is InChI=1S/C17H28N2O5/c1-15(2,3)24-14(22)19-9-6-16(10-19,13(20)21)17(23)11-18-7-4-12(17)5-8-18/h12,23H,4-11H2,1-3H3,(H,20,21). The van der Waals surface area contributed by atoms with E-state index in [4.69, 9.17) is 4.74 Å². The van der Waals surface area contributed by atoms with Crippen LogP contribution in [0.25, 0.3) is 0 Å². The molecule has 24 heavy (non-hydrogen) atoms. The van der Waals surface area contributed by atoms with E-state index in [0.717, 1.165) is 25.9 Å². The fraction of sp³-hybridized carbons (Fsp3) is 0.882. The molecule has 4 heterocycles. The number of aliphatic hydroxyl groups is 1. The van der Waals surface area contributed by atoms with Gasteiger partial charge in [-0.05, 0) is 59.0 Å². The van der Waals surface area contributed by atoms with Gasteiger partial charge in [-0.2, -0.15) is 0 Å². The molecule has 4 aliphatic rings. The number of carboxylic acids is 1. The Balaban J connectivity index is 1.84. The number of ether oxygens (including phenoxy) is 1. The molecule has 2 unspecified atom stereocenters. The Morgan fingerprint density at radius 3 is 2.21 bits per heavy atom. The molecular formula is C17H28N2O5. The van der Waals surface area contributed by atoms with E-state index in [1.165, 1.54) is 4.90 Å². The van der Waals surface area contributed by atoms with Gasteiger partial charge in [-0.3, -0.25) is 4.79 Å². The number of hydrogen-bond acceptors (Lipinski definition) is 5. The van der Waals surface area contributed by atoms with Crippen LogP contribution in [-0.2, 0) is 9.53 Å². The summed E-state index contributed by atoms with van der Waals surface area (Å²) in [5.41, 5.74) is -3.22. The van der Waals surface area contributed by atoms with Crippen molar-refractivity contribution in [2.75, 3.05) is 32.7 Å². The van der Waals surface area contributed by atoms with Crippen molar-refractivity contribution in [2.45, 2.75) is 51.2 Å².